The van der Waals surface area contributed by atoms with E-state index >= 15 is 0 Å². The van der Waals surface area contributed by atoms with Crippen molar-refractivity contribution >= 4 is 11.5 Å². The first-order valence-electron chi connectivity index (χ1n) is 5.22. The van der Waals surface area contributed by atoms with Gasteiger partial charge in [-0.25, -0.2) is 4.98 Å². The van der Waals surface area contributed by atoms with E-state index in [2.05, 4.69) is 9.88 Å². The molecule has 2 saturated heterocycles. The molecule has 0 radical (unpaired) electrons. The highest BCUT2D eigenvalue weighted by molar-refractivity contribution is 5.48. The Morgan fingerprint density at radius 1 is 1.44 bits per heavy atom. The number of nitrogens with zero attached hydrogens (tertiary/aromatic N) is 3. The third-order valence-electron chi connectivity index (χ3n) is 3.16. The predicted octanol–water partition coefficient (Wildman–Crippen LogP) is 0.967. The van der Waals surface area contributed by atoms with Crippen LogP contribution in [0.4, 0.5) is 11.5 Å². The first-order chi connectivity index (χ1) is 7.75. The Kier molecular flexibility index (Phi) is 2.03. The van der Waals surface area contributed by atoms with E-state index in [1.807, 2.05) is 0 Å². The average molecular weight is 221 g/mol. The first kappa shape index (κ1) is 9.53. The van der Waals surface area contributed by atoms with Crippen molar-refractivity contribution in [3.63, 3.8) is 0 Å². The SMILES string of the molecule is O=[N+]([O-])c1ccc(N2C3COCC2C3)nc1. The summed E-state index contributed by atoms with van der Waals surface area (Å²) in [6.45, 7) is 1.46. The van der Waals surface area contributed by atoms with Gasteiger partial charge in [-0.05, 0) is 12.5 Å². The summed E-state index contributed by atoms with van der Waals surface area (Å²) in [5.74, 6) is 0.815. The summed E-state index contributed by atoms with van der Waals surface area (Å²) in [4.78, 5) is 16.4. The number of morpholine rings is 1. The number of anilines is 1. The number of hydrogen-bond acceptors (Lipinski definition) is 5. The van der Waals surface area contributed by atoms with Gasteiger partial charge in [0.2, 0.25) is 0 Å². The lowest BCUT2D eigenvalue weighted by atomic mass is 9.91. The molecule has 1 aromatic heterocycles. The Bertz CT molecular complexity index is 406. The number of nitro groups is 1. The molecule has 16 heavy (non-hydrogen) atoms. The van der Waals surface area contributed by atoms with Crippen molar-refractivity contribution in [1.82, 2.24) is 4.98 Å². The molecule has 0 aliphatic carbocycles. The number of fused-ring (bicyclic) bond motifs is 2. The van der Waals surface area contributed by atoms with E-state index in [4.69, 9.17) is 4.74 Å². The monoisotopic (exact) mass is 221 g/mol. The lowest BCUT2D eigenvalue weighted by Crippen LogP contribution is -2.64. The van der Waals surface area contributed by atoms with E-state index in [0.717, 1.165) is 25.5 Å². The average Bonchev–Trinajstić information content (AvgIpc) is 2.30. The fourth-order valence-corrected chi connectivity index (χ4v) is 2.35. The molecule has 3 heterocycles. The first-order valence-corrected chi connectivity index (χ1v) is 5.22. The summed E-state index contributed by atoms with van der Waals surface area (Å²) in [6, 6.07) is 4.00. The van der Waals surface area contributed by atoms with Gasteiger partial charge in [0.25, 0.3) is 5.69 Å². The summed E-state index contributed by atoms with van der Waals surface area (Å²) < 4.78 is 5.37. The van der Waals surface area contributed by atoms with Crippen LogP contribution >= 0.6 is 0 Å². The van der Waals surface area contributed by atoms with Gasteiger partial charge < -0.3 is 9.64 Å². The molecule has 84 valence electrons. The zero-order valence-electron chi connectivity index (χ0n) is 8.57. The second-order valence-electron chi connectivity index (χ2n) is 4.12. The number of pyridine rings is 1. The summed E-state index contributed by atoms with van der Waals surface area (Å²) in [6.07, 6.45) is 2.45. The minimum atomic E-state index is -0.434. The van der Waals surface area contributed by atoms with E-state index in [1.165, 1.54) is 12.3 Å². The molecule has 0 spiro atoms. The van der Waals surface area contributed by atoms with Crippen LogP contribution in [-0.4, -0.2) is 35.2 Å². The molecule has 2 aliphatic heterocycles. The zero-order valence-corrected chi connectivity index (χ0v) is 8.57. The molecule has 2 unspecified atom stereocenters. The van der Waals surface area contributed by atoms with Gasteiger partial charge in [0.15, 0.2) is 0 Å². The third-order valence-corrected chi connectivity index (χ3v) is 3.16. The van der Waals surface area contributed by atoms with Crippen molar-refractivity contribution < 1.29 is 9.66 Å². The van der Waals surface area contributed by atoms with Crippen molar-refractivity contribution in [1.29, 1.82) is 0 Å². The summed E-state index contributed by atoms with van der Waals surface area (Å²) in [5, 5.41) is 10.5. The predicted molar refractivity (Wildman–Crippen MR) is 56.4 cm³/mol. The van der Waals surface area contributed by atoms with Gasteiger partial charge in [0.05, 0.1) is 30.2 Å². The Morgan fingerprint density at radius 2 is 2.19 bits per heavy atom. The molecule has 2 aliphatic rings. The Balaban J connectivity index is 1.82. The van der Waals surface area contributed by atoms with Crippen molar-refractivity contribution in [2.24, 2.45) is 0 Å². The Labute approximate surface area is 92.0 Å². The molecule has 2 fully saturated rings. The minimum Gasteiger partial charge on any atom is -0.377 e. The van der Waals surface area contributed by atoms with E-state index in [9.17, 15) is 10.1 Å². The molecule has 2 atom stereocenters. The van der Waals surface area contributed by atoms with Crippen molar-refractivity contribution in [2.45, 2.75) is 18.5 Å². The maximum absolute atomic E-state index is 10.5. The number of aromatic nitrogens is 1. The largest absolute Gasteiger partial charge is 0.377 e. The third kappa shape index (κ3) is 1.34. The molecule has 6 heteroatoms. The molecule has 0 N–H and O–H groups in total. The van der Waals surface area contributed by atoms with Gasteiger partial charge >= 0.3 is 0 Å². The van der Waals surface area contributed by atoms with Gasteiger partial charge in [-0.3, -0.25) is 10.1 Å². The van der Waals surface area contributed by atoms with Crippen LogP contribution in [0.25, 0.3) is 0 Å². The molecule has 6 nitrogen and oxygen atoms in total. The van der Waals surface area contributed by atoms with Crippen molar-refractivity contribution in [2.75, 3.05) is 18.1 Å². The van der Waals surface area contributed by atoms with Gasteiger partial charge in [-0.2, -0.15) is 0 Å². The normalized spacial score (nSPS) is 27.4. The lowest BCUT2D eigenvalue weighted by molar-refractivity contribution is -0.385. The van der Waals surface area contributed by atoms with Crippen LogP contribution < -0.4 is 4.90 Å². The quantitative estimate of drug-likeness (QED) is 0.549. The number of rotatable bonds is 2. The molecule has 2 bridgehead atoms. The molecular formula is C10H11N3O3. The van der Waals surface area contributed by atoms with Crippen LogP contribution in [0.2, 0.25) is 0 Å². The Hall–Kier alpha value is -1.69. The molecule has 1 aromatic rings. The van der Waals surface area contributed by atoms with Gasteiger partial charge in [0, 0.05) is 6.07 Å². The number of hydrogen-bond donors (Lipinski definition) is 0. The molecule has 3 rings (SSSR count). The summed E-state index contributed by atoms with van der Waals surface area (Å²) in [5.41, 5.74) is 0.0330. The van der Waals surface area contributed by atoms with Crippen LogP contribution in [-0.2, 0) is 4.74 Å². The topological polar surface area (TPSA) is 68.5 Å². The zero-order chi connectivity index (χ0) is 11.1. The highest BCUT2D eigenvalue weighted by atomic mass is 16.6. The highest BCUT2D eigenvalue weighted by Gasteiger charge is 2.42. The van der Waals surface area contributed by atoms with Crippen LogP contribution in [0.15, 0.2) is 18.3 Å². The van der Waals surface area contributed by atoms with Gasteiger partial charge in [0.1, 0.15) is 12.0 Å². The summed E-state index contributed by atoms with van der Waals surface area (Å²) in [7, 11) is 0. The summed E-state index contributed by atoms with van der Waals surface area (Å²) >= 11 is 0. The molecular weight excluding hydrogens is 210 g/mol. The highest BCUT2D eigenvalue weighted by Crippen LogP contribution is 2.34. The fourth-order valence-electron chi connectivity index (χ4n) is 2.35. The van der Waals surface area contributed by atoms with Crippen molar-refractivity contribution in [3.05, 3.63) is 28.4 Å². The van der Waals surface area contributed by atoms with Crippen LogP contribution in [0.3, 0.4) is 0 Å². The smallest absolute Gasteiger partial charge is 0.287 e. The van der Waals surface area contributed by atoms with Gasteiger partial charge in [-0.15, -0.1) is 0 Å². The Morgan fingerprint density at radius 3 is 2.69 bits per heavy atom. The van der Waals surface area contributed by atoms with E-state index in [1.54, 1.807) is 6.07 Å². The van der Waals surface area contributed by atoms with Gasteiger partial charge in [-0.1, -0.05) is 0 Å². The maximum Gasteiger partial charge on any atom is 0.287 e. The van der Waals surface area contributed by atoms with Crippen LogP contribution in [0.5, 0.6) is 0 Å². The van der Waals surface area contributed by atoms with E-state index in [-0.39, 0.29) is 5.69 Å². The van der Waals surface area contributed by atoms with Crippen molar-refractivity contribution in [3.8, 4) is 0 Å². The van der Waals surface area contributed by atoms with E-state index < -0.39 is 4.92 Å². The number of ether oxygens (including phenoxy) is 1. The molecule has 0 amide bonds. The van der Waals surface area contributed by atoms with Crippen LogP contribution in [0.1, 0.15) is 6.42 Å². The minimum absolute atomic E-state index is 0.0330. The lowest BCUT2D eigenvalue weighted by Gasteiger charge is -2.53. The second-order valence-corrected chi connectivity index (χ2v) is 4.12. The van der Waals surface area contributed by atoms with E-state index in [0.29, 0.717) is 12.1 Å². The second kappa shape index (κ2) is 3.41. The molecule has 0 saturated carbocycles. The van der Waals surface area contributed by atoms with Crippen LogP contribution in [0, 0.1) is 10.1 Å². The molecule has 0 aromatic carbocycles. The fraction of sp³-hybridized carbons (Fsp3) is 0.500. The maximum atomic E-state index is 10.5. The standard InChI is InChI=1S/C10H11N3O3/c14-13(15)7-1-2-10(11-4-7)12-8-3-9(12)6-16-5-8/h1-2,4,8-9H,3,5-6H2.